The van der Waals surface area contributed by atoms with Crippen molar-refractivity contribution < 1.29 is 13.9 Å². The van der Waals surface area contributed by atoms with Crippen LogP contribution in [0.3, 0.4) is 0 Å². The first-order chi connectivity index (χ1) is 10.6. The van der Waals surface area contributed by atoms with Gasteiger partial charge in [0, 0.05) is 17.3 Å². The molecule has 0 aliphatic carbocycles. The second kappa shape index (κ2) is 6.18. The topological polar surface area (TPSA) is 68.5 Å². The highest BCUT2D eigenvalue weighted by molar-refractivity contribution is 7.13. The normalized spacial score (nSPS) is 18.9. The highest BCUT2D eigenvalue weighted by Gasteiger charge is 2.33. The number of thiophene rings is 1. The largest absolute Gasteiger partial charge is 0.423 e. The molecular weight excluding hydrogens is 302 g/mol. The number of amides is 1. The van der Waals surface area contributed by atoms with Crippen molar-refractivity contribution in [3.8, 4) is 0 Å². The molecule has 2 aromatic heterocycles. The fourth-order valence-electron chi connectivity index (χ4n) is 2.36. The second-order valence-corrected chi connectivity index (χ2v) is 6.92. The Morgan fingerprint density at radius 3 is 2.86 bits per heavy atom. The summed E-state index contributed by atoms with van der Waals surface area (Å²) >= 11 is 1.50. The van der Waals surface area contributed by atoms with Crippen molar-refractivity contribution >= 4 is 17.2 Å². The molecule has 118 valence electrons. The van der Waals surface area contributed by atoms with E-state index in [2.05, 4.69) is 10.2 Å². The summed E-state index contributed by atoms with van der Waals surface area (Å²) in [4.78, 5) is 16.3. The molecule has 0 unspecified atom stereocenters. The fourth-order valence-corrected chi connectivity index (χ4v) is 3.18. The number of hydrogen-bond donors (Lipinski definition) is 0. The summed E-state index contributed by atoms with van der Waals surface area (Å²) in [5, 5.41) is 8.16. The number of carbonyl (C=O) groups is 1. The van der Waals surface area contributed by atoms with Crippen LogP contribution >= 0.6 is 11.3 Å². The number of aryl methyl sites for hydroxylation is 1. The molecule has 0 saturated carbocycles. The zero-order valence-corrected chi connectivity index (χ0v) is 13.7. The maximum Gasteiger partial charge on any atom is 0.264 e. The molecule has 0 aromatic carbocycles. The van der Waals surface area contributed by atoms with Crippen molar-refractivity contribution in [1.29, 1.82) is 0 Å². The zero-order chi connectivity index (χ0) is 15.7. The third-order valence-electron chi connectivity index (χ3n) is 3.58. The van der Waals surface area contributed by atoms with Gasteiger partial charge in [0.1, 0.15) is 6.04 Å². The Bertz CT molecular complexity index is 665. The number of nitrogens with zero attached hydrogens (tertiary/aromatic N) is 3. The van der Waals surface area contributed by atoms with Crippen LogP contribution in [0.5, 0.6) is 0 Å². The maximum absolute atomic E-state index is 12.7. The number of ether oxygens (including phenoxy) is 1. The van der Waals surface area contributed by atoms with Gasteiger partial charge in [-0.15, -0.1) is 21.5 Å². The van der Waals surface area contributed by atoms with Gasteiger partial charge >= 0.3 is 0 Å². The van der Waals surface area contributed by atoms with Gasteiger partial charge < -0.3 is 14.1 Å². The van der Waals surface area contributed by atoms with Gasteiger partial charge in [0.2, 0.25) is 11.8 Å². The molecule has 3 heterocycles. The molecule has 1 atom stereocenters. The number of aromatic nitrogens is 2. The first kappa shape index (κ1) is 15.2. The Hall–Kier alpha value is -1.73. The number of rotatable bonds is 3. The van der Waals surface area contributed by atoms with Crippen molar-refractivity contribution in [2.75, 3.05) is 19.8 Å². The third kappa shape index (κ3) is 2.91. The van der Waals surface area contributed by atoms with Crippen LogP contribution in [0.1, 0.15) is 52.1 Å². The van der Waals surface area contributed by atoms with Crippen LogP contribution < -0.4 is 0 Å². The lowest BCUT2D eigenvalue weighted by atomic mass is 10.2. The summed E-state index contributed by atoms with van der Waals surface area (Å²) in [5.74, 6) is 1.19. The van der Waals surface area contributed by atoms with Crippen LogP contribution in [0.15, 0.2) is 16.5 Å². The molecule has 0 N–H and O–H groups in total. The molecule has 1 saturated heterocycles. The molecule has 6 nitrogen and oxygen atoms in total. The minimum Gasteiger partial charge on any atom is -0.423 e. The van der Waals surface area contributed by atoms with Crippen LogP contribution in [0.4, 0.5) is 0 Å². The molecule has 0 spiro atoms. The Kier molecular flexibility index (Phi) is 4.26. The van der Waals surface area contributed by atoms with Gasteiger partial charge in [0.15, 0.2) is 0 Å². The fraction of sp³-hybridized carbons (Fsp3) is 0.533. The molecule has 3 rings (SSSR count). The van der Waals surface area contributed by atoms with Crippen LogP contribution in [0.2, 0.25) is 0 Å². The van der Waals surface area contributed by atoms with E-state index < -0.39 is 0 Å². The predicted octanol–water partition coefficient (Wildman–Crippen LogP) is 2.78. The average molecular weight is 321 g/mol. The maximum atomic E-state index is 12.7. The number of hydrogen-bond acceptors (Lipinski definition) is 6. The lowest BCUT2D eigenvalue weighted by Gasteiger charge is -2.33. The Morgan fingerprint density at radius 1 is 1.41 bits per heavy atom. The van der Waals surface area contributed by atoms with Gasteiger partial charge in [-0.25, -0.2) is 0 Å². The van der Waals surface area contributed by atoms with Crippen molar-refractivity contribution in [3.63, 3.8) is 0 Å². The molecule has 2 aromatic rings. The quantitative estimate of drug-likeness (QED) is 0.869. The van der Waals surface area contributed by atoms with E-state index in [1.807, 2.05) is 32.9 Å². The first-order valence-electron chi connectivity index (χ1n) is 7.34. The summed E-state index contributed by atoms with van der Waals surface area (Å²) in [6, 6.07) is 3.50. The lowest BCUT2D eigenvalue weighted by Crippen LogP contribution is -2.43. The smallest absolute Gasteiger partial charge is 0.264 e. The van der Waals surface area contributed by atoms with E-state index in [9.17, 15) is 4.79 Å². The SMILES string of the molecule is Cc1ccc(C(=O)N2CCOC[C@H]2c2nnc(C(C)C)o2)s1. The van der Waals surface area contributed by atoms with Crippen molar-refractivity contribution in [1.82, 2.24) is 15.1 Å². The molecule has 1 fully saturated rings. The van der Waals surface area contributed by atoms with Crippen molar-refractivity contribution in [2.24, 2.45) is 0 Å². The van der Waals surface area contributed by atoms with E-state index in [4.69, 9.17) is 9.15 Å². The van der Waals surface area contributed by atoms with E-state index in [0.717, 1.165) is 9.75 Å². The Labute approximate surface area is 133 Å². The van der Waals surface area contributed by atoms with Crippen LogP contribution in [0, 0.1) is 6.92 Å². The first-order valence-corrected chi connectivity index (χ1v) is 8.16. The van der Waals surface area contributed by atoms with Crippen LogP contribution in [-0.4, -0.2) is 40.8 Å². The van der Waals surface area contributed by atoms with Gasteiger partial charge in [-0.2, -0.15) is 0 Å². The number of carbonyl (C=O) groups excluding carboxylic acids is 1. The minimum absolute atomic E-state index is 0.00398. The van der Waals surface area contributed by atoms with Crippen LogP contribution in [-0.2, 0) is 4.74 Å². The monoisotopic (exact) mass is 321 g/mol. The van der Waals surface area contributed by atoms with E-state index >= 15 is 0 Å². The Morgan fingerprint density at radius 2 is 2.23 bits per heavy atom. The Balaban J connectivity index is 1.85. The number of morpholine rings is 1. The van der Waals surface area contributed by atoms with Gasteiger partial charge in [0.25, 0.3) is 5.91 Å². The molecule has 22 heavy (non-hydrogen) atoms. The highest BCUT2D eigenvalue weighted by Crippen LogP contribution is 2.28. The molecule has 7 heteroatoms. The third-order valence-corrected chi connectivity index (χ3v) is 4.56. The minimum atomic E-state index is -0.316. The summed E-state index contributed by atoms with van der Waals surface area (Å²) in [6.07, 6.45) is 0. The molecular formula is C15H19N3O3S. The van der Waals surface area contributed by atoms with Crippen molar-refractivity contribution in [3.05, 3.63) is 33.7 Å². The van der Waals surface area contributed by atoms with E-state index in [0.29, 0.717) is 31.5 Å². The van der Waals surface area contributed by atoms with Crippen LogP contribution in [0.25, 0.3) is 0 Å². The molecule has 1 aliphatic heterocycles. The zero-order valence-electron chi connectivity index (χ0n) is 12.9. The second-order valence-electron chi connectivity index (χ2n) is 5.63. The summed E-state index contributed by atoms with van der Waals surface area (Å²) < 4.78 is 11.2. The standard InChI is InChI=1S/C15H19N3O3S/c1-9(2)13-16-17-14(21-13)11-8-20-7-6-18(11)15(19)12-5-4-10(3)22-12/h4-5,9,11H,6-8H2,1-3H3/t11-/m0/s1. The predicted molar refractivity (Wildman–Crippen MR) is 82.0 cm³/mol. The summed E-state index contributed by atoms with van der Waals surface area (Å²) in [5.41, 5.74) is 0. The van der Waals surface area contributed by atoms with Crippen molar-refractivity contribution in [2.45, 2.75) is 32.7 Å². The average Bonchev–Trinajstić information content (AvgIpc) is 3.15. The van der Waals surface area contributed by atoms with Gasteiger partial charge in [-0.3, -0.25) is 4.79 Å². The molecule has 0 bridgehead atoms. The van der Waals surface area contributed by atoms with Gasteiger partial charge in [0.05, 0.1) is 18.1 Å². The van der Waals surface area contributed by atoms with E-state index in [1.54, 1.807) is 4.90 Å². The summed E-state index contributed by atoms with van der Waals surface area (Å²) in [6.45, 7) is 7.41. The summed E-state index contributed by atoms with van der Waals surface area (Å²) in [7, 11) is 0. The van der Waals surface area contributed by atoms with Gasteiger partial charge in [-0.1, -0.05) is 13.8 Å². The van der Waals surface area contributed by atoms with E-state index in [-0.39, 0.29) is 17.9 Å². The van der Waals surface area contributed by atoms with E-state index in [1.165, 1.54) is 11.3 Å². The lowest BCUT2D eigenvalue weighted by molar-refractivity contribution is -0.0105. The highest BCUT2D eigenvalue weighted by atomic mass is 32.1. The molecule has 1 amide bonds. The molecule has 0 radical (unpaired) electrons. The molecule has 1 aliphatic rings. The van der Waals surface area contributed by atoms with Gasteiger partial charge in [-0.05, 0) is 19.1 Å².